The fraction of sp³-hybridized carbons (Fsp3) is 0.625. The van der Waals surface area contributed by atoms with Crippen LogP contribution in [0.1, 0.15) is 62.7 Å². The second-order valence-corrected chi connectivity index (χ2v) is 6.97. The Kier molecular flexibility index (Phi) is 5.62. The van der Waals surface area contributed by atoms with Crippen LogP contribution in [0, 0.1) is 0 Å². The zero-order valence-corrected chi connectivity index (χ0v) is 14.4. The fourth-order valence-electron chi connectivity index (χ4n) is 2.80. The maximum atomic E-state index is 12.6. The highest BCUT2D eigenvalue weighted by Crippen LogP contribution is 2.28. The first kappa shape index (κ1) is 16.3. The second kappa shape index (κ2) is 7.25. The first-order chi connectivity index (χ1) is 10.0. The van der Waals surface area contributed by atoms with Gasteiger partial charge in [-0.2, -0.15) is 0 Å². The van der Waals surface area contributed by atoms with E-state index < -0.39 is 0 Å². The fourth-order valence-corrected chi connectivity index (χ4v) is 3.13. The summed E-state index contributed by atoms with van der Waals surface area (Å²) in [7, 11) is 0. The lowest BCUT2D eigenvalue weighted by Gasteiger charge is -2.34. The minimum absolute atomic E-state index is 0.0354. The highest BCUT2D eigenvalue weighted by atomic mass is 79.9. The number of pyridine rings is 1. The van der Waals surface area contributed by atoms with E-state index in [-0.39, 0.29) is 11.4 Å². The predicted molar refractivity (Wildman–Crippen MR) is 89.7 cm³/mol. The average molecular weight is 354 g/mol. The molecule has 0 unspecified atom stereocenters. The Labute approximate surface area is 135 Å². The van der Waals surface area contributed by atoms with E-state index in [1.54, 1.807) is 6.20 Å². The standard InChI is InChI=1S/C16H24BrN3O/c1-3-9-18-14-13(10-12(17)11-19-14)15(21)20-16(2)7-5-4-6-8-16/h10-11H,3-9H2,1-2H3,(H,18,19)(H,20,21). The van der Waals surface area contributed by atoms with Crippen LogP contribution in [0.15, 0.2) is 16.7 Å². The Hall–Kier alpha value is -1.10. The number of anilines is 1. The Morgan fingerprint density at radius 1 is 1.38 bits per heavy atom. The van der Waals surface area contributed by atoms with Crippen LogP contribution in [-0.2, 0) is 0 Å². The van der Waals surface area contributed by atoms with Gasteiger partial charge in [0.15, 0.2) is 0 Å². The van der Waals surface area contributed by atoms with Crippen LogP contribution in [0.5, 0.6) is 0 Å². The minimum atomic E-state index is -0.0837. The molecule has 1 amide bonds. The molecule has 1 aliphatic carbocycles. The van der Waals surface area contributed by atoms with E-state index in [0.29, 0.717) is 11.4 Å². The van der Waals surface area contributed by atoms with Gasteiger partial charge in [-0.1, -0.05) is 26.2 Å². The maximum Gasteiger partial charge on any atom is 0.255 e. The molecule has 0 bridgehead atoms. The summed E-state index contributed by atoms with van der Waals surface area (Å²) in [5, 5.41) is 6.44. The second-order valence-electron chi connectivity index (χ2n) is 6.05. The molecule has 0 aliphatic heterocycles. The number of carbonyl (C=O) groups is 1. The lowest BCUT2D eigenvalue weighted by molar-refractivity contribution is 0.0883. The number of hydrogen-bond acceptors (Lipinski definition) is 3. The molecule has 1 aliphatic rings. The summed E-state index contributed by atoms with van der Waals surface area (Å²) in [4.78, 5) is 17.0. The van der Waals surface area contributed by atoms with Gasteiger partial charge in [0.2, 0.25) is 0 Å². The summed E-state index contributed by atoms with van der Waals surface area (Å²) in [5.74, 6) is 0.628. The summed E-state index contributed by atoms with van der Waals surface area (Å²) < 4.78 is 0.823. The van der Waals surface area contributed by atoms with Gasteiger partial charge in [-0.05, 0) is 48.2 Å². The third kappa shape index (κ3) is 4.43. The van der Waals surface area contributed by atoms with Crippen molar-refractivity contribution in [1.82, 2.24) is 10.3 Å². The first-order valence-corrected chi connectivity index (χ1v) is 8.55. The van der Waals surface area contributed by atoms with Gasteiger partial charge in [-0.25, -0.2) is 4.98 Å². The van der Waals surface area contributed by atoms with Crippen molar-refractivity contribution in [3.63, 3.8) is 0 Å². The Bertz CT molecular complexity index is 498. The van der Waals surface area contributed by atoms with Crippen molar-refractivity contribution < 1.29 is 4.79 Å². The normalized spacial score (nSPS) is 17.3. The third-order valence-corrected chi connectivity index (χ3v) is 4.45. The van der Waals surface area contributed by atoms with Crippen LogP contribution in [-0.4, -0.2) is 23.0 Å². The van der Waals surface area contributed by atoms with Gasteiger partial charge in [0.1, 0.15) is 5.82 Å². The number of aromatic nitrogens is 1. The zero-order chi connectivity index (χ0) is 15.3. The number of hydrogen-bond donors (Lipinski definition) is 2. The predicted octanol–water partition coefficient (Wildman–Crippen LogP) is 4.12. The van der Waals surface area contributed by atoms with E-state index in [2.05, 4.69) is 45.4 Å². The van der Waals surface area contributed by atoms with Crippen LogP contribution < -0.4 is 10.6 Å². The van der Waals surface area contributed by atoms with Crippen molar-refractivity contribution in [2.24, 2.45) is 0 Å². The van der Waals surface area contributed by atoms with Gasteiger partial charge < -0.3 is 10.6 Å². The summed E-state index contributed by atoms with van der Waals surface area (Å²) >= 11 is 3.40. The third-order valence-electron chi connectivity index (χ3n) is 4.01. The van der Waals surface area contributed by atoms with Gasteiger partial charge in [-0.3, -0.25) is 4.79 Å². The number of carbonyl (C=O) groups excluding carboxylic acids is 1. The Balaban J connectivity index is 2.15. The molecule has 5 heteroatoms. The van der Waals surface area contributed by atoms with Crippen molar-refractivity contribution in [3.05, 3.63) is 22.3 Å². The molecule has 1 aromatic heterocycles. The molecule has 0 aromatic carbocycles. The number of halogens is 1. The smallest absolute Gasteiger partial charge is 0.255 e. The molecule has 0 atom stereocenters. The highest BCUT2D eigenvalue weighted by Gasteiger charge is 2.29. The molecule has 1 fully saturated rings. The molecule has 21 heavy (non-hydrogen) atoms. The van der Waals surface area contributed by atoms with E-state index >= 15 is 0 Å². The minimum Gasteiger partial charge on any atom is -0.369 e. The summed E-state index contributed by atoms with van der Waals surface area (Å²) in [6.45, 7) is 5.05. The maximum absolute atomic E-state index is 12.6. The number of amides is 1. The molecule has 1 aromatic rings. The zero-order valence-electron chi connectivity index (χ0n) is 12.8. The molecular formula is C16H24BrN3O. The van der Waals surface area contributed by atoms with Crippen LogP contribution in [0.4, 0.5) is 5.82 Å². The number of rotatable bonds is 5. The lowest BCUT2D eigenvalue weighted by Crippen LogP contribution is -2.47. The van der Waals surface area contributed by atoms with Crippen molar-refractivity contribution in [1.29, 1.82) is 0 Å². The Morgan fingerprint density at radius 3 is 2.76 bits per heavy atom. The van der Waals surface area contributed by atoms with E-state index in [4.69, 9.17) is 0 Å². The molecule has 1 saturated carbocycles. The van der Waals surface area contributed by atoms with Crippen molar-refractivity contribution >= 4 is 27.7 Å². The average Bonchev–Trinajstić information content (AvgIpc) is 2.46. The van der Waals surface area contributed by atoms with Crippen LogP contribution >= 0.6 is 15.9 Å². The molecule has 0 saturated heterocycles. The quantitative estimate of drug-likeness (QED) is 0.836. The van der Waals surface area contributed by atoms with E-state index in [9.17, 15) is 4.79 Å². The molecule has 0 spiro atoms. The summed E-state index contributed by atoms with van der Waals surface area (Å²) in [6.07, 6.45) is 8.47. The van der Waals surface area contributed by atoms with E-state index in [1.807, 2.05) is 6.07 Å². The lowest BCUT2D eigenvalue weighted by atomic mass is 9.83. The summed E-state index contributed by atoms with van der Waals surface area (Å²) in [5.41, 5.74) is 0.532. The Morgan fingerprint density at radius 2 is 2.10 bits per heavy atom. The highest BCUT2D eigenvalue weighted by molar-refractivity contribution is 9.10. The van der Waals surface area contributed by atoms with Gasteiger partial charge >= 0.3 is 0 Å². The van der Waals surface area contributed by atoms with Crippen molar-refractivity contribution in [2.45, 2.75) is 57.9 Å². The number of nitrogens with zero attached hydrogens (tertiary/aromatic N) is 1. The monoisotopic (exact) mass is 353 g/mol. The van der Waals surface area contributed by atoms with Gasteiger partial charge in [0, 0.05) is 22.8 Å². The molecular weight excluding hydrogens is 330 g/mol. The largest absolute Gasteiger partial charge is 0.369 e. The van der Waals surface area contributed by atoms with Gasteiger partial charge in [-0.15, -0.1) is 0 Å². The van der Waals surface area contributed by atoms with Gasteiger partial charge in [0.25, 0.3) is 5.91 Å². The molecule has 116 valence electrons. The van der Waals surface area contributed by atoms with Gasteiger partial charge in [0.05, 0.1) is 5.56 Å². The van der Waals surface area contributed by atoms with Crippen LogP contribution in [0.2, 0.25) is 0 Å². The first-order valence-electron chi connectivity index (χ1n) is 7.76. The molecule has 1 heterocycles. The summed E-state index contributed by atoms with van der Waals surface area (Å²) in [6, 6.07) is 1.84. The topological polar surface area (TPSA) is 54.0 Å². The SMILES string of the molecule is CCCNc1ncc(Br)cc1C(=O)NC1(C)CCCCC1. The molecule has 4 nitrogen and oxygen atoms in total. The van der Waals surface area contributed by atoms with E-state index in [1.165, 1.54) is 19.3 Å². The molecule has 0 radical (unpaired) electrons. The van der Waals surface area contributed by atoms with Crippen LogP contribution in [0.25, 0.3) is 0 Å². The van der Waals surface area contributed by atoms with Crippen molar-refractivity contribution in [3.8, 4) is 0 Å². The van der Waals surface area contributed by atoms with Crippen LogP contribution in [0.3, 0.4) is 0 Å². The van der Waals surface area contributed by atoms with Crippen molar-refractivity contribution in [2.75, 3.05) is 11.9 Å². The molecule has 2 N–H and O–H groups in total. The van der Waals surface area contributed by atoms with E-state index in [0.717, 1.165) is 30.3 Å². The number of nitrogens with one attached hydrogen (secondary N) is 2. The molecule has 2 rings (SSSR count).